The highest BCUT2D eigenvalue weighted by molar-refractivity contribution is 5.89. The molecule has 0 aromatic heterocycles. The number of hydrogen-bond donors (Lipinski definition) is 2. The SMILES string of the molecule is CCOC(=O)Cc1ccc(NC(=O)N2CCC(NC(C)=O)C2)cc1. The Morgan fingerprint density at radius 3 is 2.58 bits per heavy atom. The first kappa shape index (κ1) is 17.8. The molecule has 0 aliphatic carbocycles. The van der Waals surface area contributed by atoms with Crippen molar-refractivity contribution in [2.45, 2.75) is 32.7 Å². The van der Waals surface area contributed by atoms with Crippen LogP contribution in [0.15, 0.2) is 24.3 Å². The van der Waals surface area contributed by atoms with E-state index >= 15 is 0 Å². The van der Waals surface area contributed by atoms with Gasteiger partial charge in [0, 0.05) is 31.7 Å². The molecule has 2 rings (SSSR count). The van der Waals surface area contributed by atoms with E-state index in [1.807, 2.05) is 0 Å². The number of anilines is 1. The summed E-state index contributed by atoms with van der Waals surface area (Å²) >= 11 is 0. The molecule has 130 valence electrons. The minimum Gasteiger partial charge on any atom is -0.466 e. The number of esters is 1. The molecule has 0 radical (unpaired) electrons. The molecular formula is C17H23N3O4. The maximum absolute atomic E-state index is 12.2. The predicted molar refractivity (Wildman–Crippen MR) is 89.6 cm³/mol. The largest absolute Gasteiger partial charge is 0.466 e. The van der Waals surface area contributed by atoms with E-state index in [0.717, 1.165) is 12.0 Å². The minimum atomic E-state index is -0.268. The first-order valence-electron chi connectivity index (χ1n) is 8.05. The molecule has 1 atom stereocenters. The summed E-state index contributed by atoms with van der Waals surface area (Å²) in [5.74, 6) is -0.352. The van der Waals surface area contributed by atoms with Crippen LogP contribution in [0.3, 0.4) is 0 Å². The number of ether oxygens (including phenoxy) is 1. The number of carbonyl (C=O) groups excluding carboxylic acids is 3. The molecule has 7 nitrogen and oxygen atoms in total. The van der Waals surface area contributed by atoms with Gasteiger partial charge in [0.15, 0.2) is 0 Å². The van der Waals surface area contributed by atoms with Gasteiger partial charge < -0.3 is 20.3 Å². The predicted octanol–water partition coefficient (Wildman–Crippen LogP) is 1.53. The van der Waals surface area contributed by atoms with Crippen molar-refractivity contribution in [3.8, 4) is 0 Å². The summed E-state index contributed by atoms with van der Waals surface area (Å²) in [7, 11) is 0. The highest BCUT2D eigenvalue weighted by atomic mass is 16.5. The first-order valence-corrected chi connectivity index (χ1v) is 8.05. The van der Waals surface area contributed by atoms with Gasteiger partial charge in [-0.2, -0.15) is 0 Å². The number of rotatable bonds is 5. The standard InChI is InChI=1S/C17H23N3O4/c1-3-24-16(22)10-13-4-6-14(7-5-13)19-17(23)20-9-8-15(11-20)18-12(2)21/h4-7,15H,3,8-11H2,1-2H3,(H,18,21)(H,19,23). The molecule has 0 spiro atoms. The number of likely N-dealkylation sites (tertiary alicyclic amines) is 1. The molecule has 2 N–H and O–H groups in total. The van der Waals surface area contributed by atoms with Crippen molar-refractivity contribution in [1.82, 2.24) is 10.2 Å². The number of nitrogens with zero attached hydrogens (tertiary/aromatic N) is 1. The van der Waals surface area contributed by atoms with Gasteiger partial charge in [0.05, 0.1) is 13.0 Å². The lowest BCUT2D eigenvalue weighted by atomic mass is 10.1. The van der Waals surface area contributed by atoms with E-state index in [-0.39, 0.29) is 30.4 Å². The van der Waals surface area contributed by atoms with Gasteiger partial charge in [-0.05, 0) is 31.0 Å². The zero-order valence-electron chi connectivity index (χ0n) is 14.0. The number of benzene rings is 1. The van der Waals surface area contributed by atoms with Gasteiger partial charge in [-0.3, -0.25) is 9.59 Å². The van der Waals surface area contributed by atoms with E-state index < -0.39 is 0 Å². The Balaban J connectivity index is 1.84. The van der Waals surface area contributed by atoms with Crippen LogP contribution in [-0.4, -0.2) is 48.5 Å². The van der Waals surface area contributed by atoms with E-state index in [0.29, 0.717) is 25.4 Å². The highest BCUT2D eigenvalue weighted by Gasteiger charge is 2.26. The van der Waals surface area contributed by atoms with Gasteiger partial charge in [0.1, 0.15) is 0 Å². The molecule has 1 aliphatic rings. The summed E-state index contributed by atoms with van der Waals surface area (Å²) in [6.07, 6.45) is 0.970. The quantitative estimate of drug-likeness (QED) is 0.800. The number of amides is 3. The summed E-state index contributed by atoms with van der Waals surface area (Å²) in [5, 5.41) is 5.64. The van der Waals surface area contributed by atoms with Crippen molar-refractivity contribution in [2.24, 2.45) is 0 Å². The van der Waals surface area contributed by atoms with Crippen LogP contribution in [0.2, 0.25) is 0 Å². The molecule has 1 fully saturated rings. The van der Waals surface area contributed by atoms with Crippen molar-refractivity contribution in [3.63, 3.8) is 0 Å². The van der Waals surface area contributed by atoms with E-state index in [4.69, 9.17) is 4.74 Å². The molecule has 1 unspecified atom stereocenters. The molecule has 24 heavy (non-hydrogen) atoms. The Hall–Kier alpha value is -2.57. The summed E-state index contributed by atoms with van der Waals surface area (Å²) in [6.45, 7) is 4.72. The van der Waals surface area contributed by atoms with Crippen LogP contribution in [0, 0.1) is 0 Å². The topological polar surface area (TPSA) is 87.7 Å². The van der Waals surface area contributed by atoms with Crippen molar-refractivity contribution in [2.75, 3.05) is 25.0 Å². The van der Waals surface area contributed by atoms with Gasteiger partial charge in [-0.15, -0.1) is 0 Å². The highest BCUT2D eigenvalue weighted by Crippen LogP contribution is 2.14. The third-order valence-corrected chi connectivity index (χ3v) is 3.74. The third-order valence-electron chi connectivity index (χ3n) is 3.74. The second-order valence-electron chi connectivity index (χ2n) is 5.74. The van der Waals surface area contributed by atoms with Crippen molar-refractivity contribution >= 4 is 23.6 Å². The van der Waals surface area contributed by atoms with Crippen LogP contribution in [0.1, 0.15) is 25.8 Å². The van der Waals surface area contributed by atoms with Gasteiger partial charge in [-0.1, -0.05) is 12.1 Å². The van der Waals surface area contributed by atoms with Crippen molar-refractivity contribution in [1.29, 1.82) is 0 Å². The summed E-state index contributed by atoms with van der Waals surface area (Å²) < 4.78 is 4.90. The van der Waals surface area contributed by atoms with E-state index in [1.165, 1.54) is 6.92 Å². The number of hydrogen-bond acceptors (Lipinski definition) is 4. The van der Waals surface area contributed by atoms with Crippen molar-refractivity contribution in [3.05, 3.63) is 29.8 Å². The van der Waals surface area contributed by atoms with Crippen LogP contribution in [0.25, 0.3) is 0 Å². The number of urea groups is 1. The normalized spacial score (nSPS) is 16.6. The lowest BCUT2D eigenvalue weighted by molar-refractivity contribution is -0.142. The fraction of sp³-hybridized carbons (Fsp3) is 0.471. The molecule has 0 bridgehead atoms. The smallest absolute Gasteiger partial charge is 0.321 e. The van der Waals surface area contributed by atoms with Crippen molar-refractivity contribution < 1.29 is 19.1 Å². The zero-order chi connectivity index (χ0) is 17.5. The Morgan fingerprint density at radius 2 is 1.96 bits per heavy atom. The summed E-state index contributed by atoms with van der Waals surface area (Å²) in [6, 6.07) is 6.91. The first-order chi connectivity index (χ1) is 11.5. The van der Waals surface area contributed by atoms with Crippen LogP contribution in [-0.2, 0) is 20.7 Å². The minimum absolute atomic E-state index is 0.0141. The second kappa shape index (κ2) is 8.33. The average molecular weight is 333 g/mol. The second-order valence-corrected chi connectivity index (χ2v) is 5.74. The fourth-order valence-corrected chi connectivity index (χ4v) is 2.64. The van der Waals surface area contributed by atoms with E-state index in [2.05, 4.69) is 10.6 Å². The van der Waals surface area contributed by atoms with Gasteiger partial charge in [0.25, 0.3) is 0 Å². The third kappa shape index (κ3) is 5.26. The molecule has 1 aromatic rings. The molecule has 1 heterocycles. The Morgan fingerprint density at radius 1 is 1.25 bits per heavy atom. The van der Waals surface area contributed by atoms with Crippen LogP contribution in [0.5, 0.6) is 0 Å². The van der Waals surface area contributed by atoms with Crippen LogP contribution >= 0.6 is 0 Å². The van der Waals surface area contributed by atoms with Crippen LogP contribution in [0.4, 0.5) is 10.5 Å². The Bertz CT molecular complexity index is 600. The lowest BCUT2D eigenvalue weighted by Crippen LogP contribution is -2.38. The van der Waals surface area contributed by atoms with E-state index in [1.54, 1.807) is 36.1 Å². The monoisotopic (exact) mass is 333 g/mol. The zero-order valence-corrected chi connectivity index (χ0v) is 14.0. The van der Waals surface area contributed by atoms with Crippen LogP contribution < -0.4 is 10.6 Å². The number of carbonyl (C=O) groups is 3. The lowest BCUT2D eigenvalue weighted by Gasteiger charge is -2.17. The van der Waals surface area contributed by atoms with E-state index in [9.17, 15) is 14.4 Å². The molecule has 1 saturated heterocycles. The summed E-state index contributed by atoms with van der Waals surface area (Å²) in [5.41, 5.74) is 1.49. The maximum atomic E-state index is 12.2. The molecule has 1 aromatic carbocycles. The summed E-state index contributed by atoms with van der Waals surface area (Å²) in [4.78, 5) is 36.4. The maximum Gasteiger partial charge on any atom is 0.321 e. The molecular weight excluding hydrogens is 310 g/mol. The number of nitrogens with one attached hydrogen (secondary N) is 2. The molecule has 1 aliphatic heterocycles. The Kier molecular flexibility index (Phi) is 6.17. The average Bonchev–Trinajstić information content (AvgIpc) is 2.97. The van der Waals surface area contributed by atoms with Gasteiger partial charge in [-0.25, -0.2) is 4.79 Å². The fourth-order valence-electron chi connectivity index (χ4n) is 2.64. The molecule has 3 amide bonds. The Labute approximate surface area is 141 Å². The molecule has 7 heteroatoms. The van der Waals surface area contributed by atoms with Gasteiger partial charge >= 0.3 is 12.0 Å². The molecule has 0 saturated carbocycles. The van der Waals surface area contributed by atoms with Gasteiger partial charge in [0.2, 0.25) is 5.91 Å².